The van der Waals surface area contributed by atoms with Gasteiger partial charge in [0.05, 0.1) is 16.8 Å². The minimum absolute atomic E-state index is 0.623. The van der Waals surface area contributed by atoms with Crippen LogP contribution in [0.4, 0.5) is 11.8 Å². The zero-order valence-corrected chi connectivity index (χ0v) is 14.8. The predicted molar refractivity (Wildman–Crippen MR) is 103 cm³/mol. The van der Waals surface area contributed by atoms with Gasteiger partial charge >= 0.3 is 0 Å². The molecule has 130 valence electrons. The van der Waals surface area contributed by atoms with Crippen molar-refractivity contribution in [3.05, 3.63) is 41.3 Å². The first kappa shape index (κ1) is 16.1. The van der Waals surface area contributed by atoms with Crippen molar-refractivity contribution in [3.8, 4) is 5.75 Å². The molecule has 3 heterocycles. The predicted octanol–water partition coefficient (Wildman–Crippen LogP) is 2.85. The number of rotatable bonds is 5. The molecule has 7 heteroatoms. The SMILES string of the molecule is NCCCNc1nc(N2CCOc3ccccc3C2)nc2ccsc12. The zero-order valence-electron chi connectivity index (χ0n) is 13.9. The Morgan fingerprint density at radius 3 is 3.08 bits per heavy atom. The fourth-order valence-corrected chi connectivity index (χ4v) is 3.71. The zero-order chi connectivity index (χ0) is 17.1. The summed E-state index contributed by atoms with van der Waals surface area (Å²) in [6.07, 6.45) is 0.914. The highest BCUT2D eigenvalue weighted by molar-refractivity contribution is 7.17. The van der Waals surface area contributed by atoms with Crippen LogP contribution < -0.4 is 20.7 Å². The van der Waals surface area contributed by atoms with E-state index in [2.05, 4.69) is 21.7 Å². The normalized spacial score (nSPS) is 14.0. The second-order valence-corrected chi connectivity index (χ2v) is 6.87. The summed E-state index contributed by atoms with van der Waals surface area (Å²) < 4.78 is 6.95. The molecule has 1 aromatic carbocycles. The number of benzene rings is 1. The van der Waals surface area contributed by atoms with Crippen molar-refractivity contribution in [1.29, 1.82) is 0 Å². The quantitative estimate of drug-likeness (QED) is 0.686. The number of nitrogens with two attached hydrogens (primary N) is 1. The van der Waals surface area contributed by atoms with Gasteiger partial charge in [0.1, 0.15) is 18.2 Å². The Hall–Kier alpha value is -2.38. The van der Waals surface area contributed by atoms with Crippen molar-refractivity contribution in [2.45, 2.75) is 13.0 Å². The number of para-hydroxylation sites is 1. The highest BCUT2D eigenvalue weighted by atomic mass is 32.1. The van der Waals surface area contributed by atoms with Gasteiger partial charge in [-0.1, -0.05) is 18.2 Å². The topological polar surface area (TPSA) is 76.3 Å². The maximum absolute atomic E-state index is 5.86. The van der Waals surface area contributed by atoms with Crippen molar-refractivity contribution >= 4 is 33.3 Å². The third-order valence-electron chi connectivity index (χ3n) is 4.20. The van der Waals surface area contributed by atoms with Crippen LogP contribution in [-0.2, 0) is 6.54 Å². The Bertz CT molecular complexity index is 866. The molecule has 0 atom stereocenters. The lowest BCUT2D eigenvalue weighted by atomic mass is 10.2. The van der Waals surface area contributed by atoms with Gasteiger partial charge in [-0.15, -0.1) is 11.3 Å². The number of thiophene rings is 1. The molecule has 0 unspecified atom stereocenters. The monoisotopic (exact) mass is 355 g/mol. The molecule has 0 amide bonds. The molecule has 0 radical (unpaired) electrons. The first-order valence-corrected chi connectivity index (χ1v) is 9.38. The number of nitrogens with one attached hydrogen (secondary N) is 1. The van der Waals surface area contributed by atoms with E-state index in [4.69, 9.17) is 20.4 Å². The van der Waals surface area contributed by atoms with E-state index in [1.165, 1.54) is 0 Å². The van der Waals surface area contributed by atoms with Gasteiger partial charge in [-0.05, 0) is 30.5 Å². The third kappa shape index (κ3) is 3.38. The fourth-order valence-electron chi connectivity index (χ4n) is 2.92. The van der Waals surface area contributed by atoms with E-state index >= 15 is 0 Å². The van der Waals surface area contributed by atoms with Crippen LogP contribution in [0.25, 0.3) is 10.2 Å². The van der Waals surface area contributed by atoms with E-state index < -0.39 is 0 Å². The molecule has 0 aliphatic carbocycles. The van der Waals surface area contributed by atoms with E-state index in [9.17, 15) is 0 Å². The first-order valence-electron chi connectivity index (χ1n) is 8.50. The van der Waals surface area contributed by atoms with Gasteiger partial charge < -0.3 is 20.7 Å². The van der Waals surface area contributed by atoms with Gasteiger partial charge in [-0.3, -0.25) is 0 Å². The number of nitrogens with zero attached hydrogens (tertiary/aromatic N) is 3. The molecule has 1 aliphatic heterocycles. The van der Waals surface area contributed by atoms with Gasteiger partial charge in [0.15, 0.2) is 0 Å². The standard InChI is InChI=1S/C18H21N5OS/c19-7-3-8-20-17-16-14(6-11-25-16)21-18(22-17)23-9-10-24-15-5-2-1-4-13(15)12-23/h1-2,4-6,11H,3,7-10,12,19H2,(H,20,21,22). The molecule has 0 saturated heterocycles. The lowest BCUT2D eigenvalue weighted by Gasteiger charge is -2.20. The molecule has 6 nitrogen and oxygen atoms in total. The molecule has 4 rings (SSSR count). The number of anilines is 2. The summed E-state index contributed by atoms with van der Waals surface area (Å²) in [7, 11) is 0. The van der Waals surface area contributed by atoms with Crippen molar-refractivity contribution in [2.75, 3.05) is 36.5 Å². The van der Waals surface area contributed by atoms with Crippen LogP contribution in [0.3, 0.4) is 0 Å². The summed E-state index contributed by atoms with van der Waals surface area (Å²) in [5.41, 5.74) is 7.74. The van der Waals surface area contributed by atoms with E-state index in [0.29, 0.717) is 13.2 Å². The summed E-state index contributed by atoms with van der Waals surface area (Å²) >= 11 is 1.66. The summed E-state index contributed by atoms with van der Waals surface area (Å²) in [6.45, 7) is 3.60. The smallest absolute Gasteiger partial charge is 0.228 e. The minimum atomic E-state index is 0.623. The molecule has 0 saturated carbocycles. The highest BCUT2D eigenvalue weighted by Gasteiger charge is 2.19. The lowest BCUT2D eigenvalue weighted by Crippen LogP contribution is -2.27. The van der Waals surface area contributed by atoms with Crippen LogP contribution in [0.1, 0.15) is 12.0 Å². The second kappa shape index (κ2) is 7.25. The Morgan fingerprint density at radius 2 is 2.16 bits per heavy atom. The summed E-state index contributed by atoms with van der Waals surface area (Å²) in [5.74, 6) is 2.58. The molecule has 25 heavy (non-hydrogen) atoms. The first-order chi connectivity index (χ1) is 12.3. The molecular formula is C18H21N5OS. The van der Waals surface area contributed by atoms with Crippen LogP contribution in [0.15, 0.2) is 35.7 Å². The van der Waals surface area contributed by atoms with Crippen LogP contribution in [0.5, 0.6) is 5.75 Å². The van der Waals surface area contributed by atoms with Crippen molar-refractivity contribution in [1.82, 2.24) is 9.97 Å². The Morgan fingerprint density at radius 1 is 1.24 bits per heavy atom. The van der Waals surface area contributed by atoms with Crippen molar-refractivity contribution < 1.29 is 4.74 Å². The maximum atomic E-state index is 5.86. The molecule has 0 fully saturated rings. The Kier molecular flexibility index (Phi) is 4.67. The van der Waals surface area contributed by atoms with Crippen molar-refractivity contribution in [2.24, 2.45) is 5.73 Å². The molecular weight excluding hydrogens is 334 g/mol. The number of ether oxygens (including phenoxy) is 1. The molecule has 1 aliphatic rings. The van der Waals surface area contributed by atoms with E-state index in [-0.39, 0.29) is 0 Å². The number of hydrogen-bond acceptors (Lipinski definition) is 7. The number of fused-ring (bicyclic) bond motifs is 2. The van der Waals surface area contributed by atoms with E-state index in [0.717, 1.165) is 59.4 Å². The molecule has 0 spiro atoms. The minimum Gasteiger partial charge on any atom is -0.491 e. The molecule has 3 N–H and O–H groups in total. The molecule has 0 bridgehead atoms. The second-order valence-electron chi connectivity index (χ2n) is 5.95. The van der Waals surface area contributed by atoms with Gasteiger partial charge in [-0.2, -0.15) is 4.98 Å². The Labute approximate surface area is 150 Å². The van der Waals surface area contributed by atoms with E-state index in [1.807, 2.05) is 24.3 Å². The van der Waals surface area contributed by atoms with Crippen LogP contribution in [0, 0.1) is 0 Å². The van der Waals surface area contributed by atoms with Gasteiger partial charge in [-0.25, -0.2) is 4.98 Å². The van der Waals surface area contributed by atoms with Crippen molar-refractivity contribution in [3.63, 3.8) is 0 Å². The Balaban J connectivity index is 1.66. The number of hydrogen-bond donors (Lipinski definition) is 2. The largest absolute Gasteiger partial charge is 0.491 e. The molecule has 2 aromatic heterocycles. The van der Waals surface area contributed by atoms with Crippen LogP contribution in [0.2, 0.25) is 0 Å². The molecule has 3 aromatic rings. The van der Waals surface area contributed by atoms with Crippen LogP contribution >= 0.6 is 11.3 Å². The average Bonchev–Trinajstić information content (AvgIpc) is 3.00. The summed E-state index contributed by atoms with van der Waals surface area (Å²) in [5, 5.41) is 5.46. The summed E-state index contributed by atoms with van der Waals surface area (Å²) in [6, 6.07) is 10.2. The summed E-state index contributed by atoms with van der Waals surface area (Å²) in [4.78, 5) is 11.7. The third-order valence-corrected chi connectivity index (χ3v) is 5.11. The highest BCUT2D eigenvalue weighted by Crippen LogP contribution is 2.30. The van der Waals surface area contributed by atoms with Crippen LogP contribution in [-0.4, -0.2) is 36.2 Å². The van der Waals surface area contributed by atoms with Gasteiger partial charge in [0.25, 0.3) is 0 Å². The maximum Gasteiger partial charge on any atom is 0.228 e. The van der Waals surface area contributed by atoms with E-state index in [1.54, 1.807) is 11.3 Å². The van der Waals surface area contributed by atoms with Gasteiger partial charge in [0.2, 0.25) is 5.95 Å². The van der Waals surface area contributed by atoms with Gasteiger partial charge in [0, 0.05) is 18.7 Å². The number of aromatic nitrogens is 2. The average molecular weight is 355 g/mol. The fraction of sp³-hybridized carbons (Fsp3) is 0.333. The lowest BCUT2D eigenvalue weighted by molar-refractivity contribution is 0.331.